The second-order valence-electron chi connectivity index (χ2n) is 7.05. The van der Waals surface area contributed by atoms with Gasteiger partial charge in [-0.15, -0.1) is 0 Å². The number of nitrogens with zero attached hydrogens (tertiary/aromatic N) is 3. The van der Waals surface area contributed by atoms with Crippen molar-refractivity contribution in [3.63, 3.8) is 0 Å². The van der Waals surface area contributed by atoms with Gasteiger partial charge in [-0.05, 0) is 53.3 Å². The van der Waals surface area contributed by atoms with Gasteiger partial charge in [0.2, 0.25) is 11.8 Å². The Morgan fingerprint density at radius 2 is 1.89 bits per heavy atom. The Balaban J connectivity index is 1.75. The van der Waals surface area contributed by atoms with E-state index in [1.165, 1.54) is 4.90 Å². The lowest BCUT2D eigenvalue weighted by Gasteiger charge is -2.32. The lowest BCUT2D eigenvalue weighted by atomic mass is 10.1. The van der Waals surface area contributed by atoms with Crippen molar-refractivity contribution in [2.24, 2.45) is 0 Å². The predicted octanol–water partition coefficient (Wildman–Crippen LogP) is 1.88. The van der Waals surface area contributed by atoms with E-state index in [9.17, 15) is 14.4 Å². The quantitative estimate of drug-likeness (QED) is 0.424. The second kappa shape index (κ2) is 9.80. The molecule has 0 bridgehead atoms. The minimum absolute atomic E-state index is 0.0450. The molecular weight excluding hydrogens is 473 g/mol. The molecule has 7 nitrogen and oxygen atoms in total. The third-order valence-corrected chi connectivity index (χ3v) is 5.85. The fourth-order valence-electron chi connectivity index (χ4n) is 3.61. The zero-order valence-electron chi connectivity index (χ0n) is 16.1. The lowest BCUT2D eigenvalue weighted by Crippen LogP contribution is -2.49. The minimum Gasteiger partial charge on any atom is -0.379 e. The average molecular weight is 499 g/mol. The van der Waals surface area contributed by atoms with Crippen molar-refractivity contribution in [3.8, 4) is 0 Å². The zero-order chi connectivity index (χ0) is 20.1. The first kappa shape index (κ1) is 21.2. The molecule has 0 radical (unpaired) electrons. The van der Waals surface area contributed by atoms with E-state index >= 15 is 0 Å². The molecule has 1 unspecified atom stereocenters. The van der Waals surface area contributed by atoms with Crippen molar-refractivity contribution in [1.82, 2.24) is 9.80 Å². The van der Waals surface area contributed by atoms with E-state index in [1.807, 2.05) is 19.1 Å². The summed E-state index contributed by atoms with van der Waals surface area (Å²) >= 11 is 2.18. The fourth-order valence-corrected chi connectivity index (χ4v) is 3.97. The van der Waals surface area contributed by atoms with Gasteiger partial charge in [-0.25, -0.2) is 4.90 Å². The summed E-state index contributed by atoms with van der Waals surface area (Å²) in [7, 11) is 0. The Kier molecular flexibility index (Phi) is 7.42. The van der Waals surface area contributed by atoms with Crippen LogP contribution in [0.2, 0.25) is 0 Å². The molecule has 2 aliphatic rings. The van der Waals surface area contributed by atoms with Crippen LogP contribution in [0.5, 0.6) is 0 Å². The molecule has 1 atom stereocenters. The SMILES string of the molecule is CCCC(=O)N(CCN1CCOCC1)C1CC(=O)N(c2ccc(I)cc2)C1=O. The molecule has 1 aromatic rings. The summed E-state index contributed by atoms with van der Waals surface area (Å²) in [4.78, 5) is 43.5. The maximum absolute atomic E-state index is 13.1. The number of benzene rings is 1. The number of rotatable bonds is 7. The number of halogens is 1. The van der Waals surface area contributed by atoms with Gasteiger partial charge >= 0.3 is 0 Å². The number of anilines is 1. The zero-order valence-corrected chi connectivity index (χ0v) is 18.3. The Bertz CT molecular complexity index is 719. The molecule has 0 saturated carbocycles. The predicted molar refractivity (Wildman–Crippen MR) is 114 cm³/mol. The molecule has 0 aromatic heterocycles. The van der Waals surface area contributed by atoms with Crippen LogP contribution in [0.3, 0.4) is 0 Å². The highest BCUT2D eigenvalue weighted by atomic mass is 127. The first-order valence-corrected chi connectivity index (χ1v) is 10.8. The van der Waals surface area contributed by atoms with Crippen molar-refractivity contribution >= 4 is 46.0 Å². The summed E-state index contributed by atoms with van der Waals surface area (Å²) in [5, 5.41) is 0. The Labute approximate surface area is 179 Å². The van der Waals surface area contributed by atoms with Gasteiger partial charge in [0.1, 0.15) is 6.04 Å². The van der Waals surface area contributed by atoms with Crippen LogP contribution in [0.25, 0.3) is 0 Å². The van der Waals surface area contributed by atoms with Crippen molar-refractivity contribution in [2.45, 2.75) is 32.2 Å². The summed E-state index contributed by atoms with van der Waals surface area (Å²) in [6, 6.07) is 6.55. The molecule has 152 valence electrons. The molecule has 28 heavy (non-hydrogen) atoms. The molecule has 2 heterocycles. The van der Waals surface area contributed by atoms with Crippen LogP contribution in [0.4, 0.5) is 5.69 Å². The van der Waals surface area contributed by atoms with Crippen molar-refractivity contribution < 1.29 is 19.1 Å². The standard InChI is InChI=1S/C20H26IN3O4/c1-2-3-18(25)23(9-8-22-10-12-28-13-11-22)17-14-19(26)24(20(17)27)16-6-4-15(21)5-7-16/h4-7,17H,2-3,8-14H2,1H3. The molecule has 1 aromatic carbocycles. The number of hydrogen-bond acceptors (Lipinski definition) is 5. The van der Waals surface area contributed by atoms with E-state index < -0.39 is 6.04 Å². The normalized spacial score (nSPS) is 20.6. The molecule has 0 N–H and O–H groups in total. The highest BCUT2D eigenvalue weighted by Crippen LogP contribution is 2.27. The maximum Gasteiger partial charge on any atom is 0.257 e. The molecule has 3 rings (SSSR count). The van der Waals surface area contributed by atoms with Crippen LogP contribution in [0.1, 0.15) is 26.2 Å². The maximum atomic E-state index is 13.1. The van der Waals surface area contributed by atoms with Crippen LogP contribution in [0.15, 0.2) is 24.3 Å². The highest BCUT2D eigenvalue weighted by molar-refractivity contribution is 14.1. The van der Waals surface area contributed by atoms with Crippen LogP contribution in [-0.2, 0) is 19.1 Å². The van der Waals surface area contributed by atoms with Gasteiger partial charge in [-0.3, -0.25) is 19.3 Å². The average Bonchev–Trinajstić information content (AvgIpc) is 2.98. The van der Waals surface area contributed by atoms with Gasteiger partial charge < -0.3 is 9.64 Å². The summed E-state index contributed by atoms with van der Waals surface area (Å²) in [6.45, 7) is 6.08. The molecule has 2 saturated heterocycles. The van der Waals surface area contributed by atoms with E-state index in [1.54, 1.807) is 17.0 Å². The fraction of sp³-hybridized carbons (Fsp3) is 0.550. The van der Waals surface area contributed by atoms with Crippen molar-refractivity contribution in [3.05, 3.63) is 27.8 Å². The number of amides is 3. The van der Waals surface area contributed by atoms with Crippen LogP contribution in [0, 0.1) is 3.57 Å². The Hall–Kier alpha value is -1.52. The van der Waals surface area contributed by atoms with Crippen LogP contribution >= 0.6 is 22.6 Å². The van der Waals surface area contributed by atoms with E-state index in [-0.39, 0.29) is 24.1 Å². The Morgan fingerprint density at radius 1 is 1.21 bits per heavy atom. The number of carbonyl (C=O) groups excluding carboxylic acids is 3. The molecule has 2 fully saturated rings. The molecular formula is C20H26IN3O4. The molecule has 8 heteroatoms. The number of carbonyl (C=O) groups is 3. The largest absolute Gasteiger partial charge is 0.379 e. The smallest absolute Gasteiger partial charge is 0.257 e. The number of hydrogen-bond donors (Lipinski definition) is 0. The molecule has 0 spiro atoms. The topological polar surface area (TPSA) is 70.2 Å². The van der Waals surface area contributed by atoms with Gasteiger partial charge in [0.05, 0.1) is 25.3 Å². The molecule has 3 amide bonds. The summed E-state index contributed by atoms with van der Waals surface area (Å²) in [6.07, 6.45) is 1.14. The van der Waals surface area contributed by atoms with Gasteiger partial charge in [0.25, 0.3) is 5.91 Å². The number of ether oxygens (including phenoxy) is 1. The van der Waals surface area contributed by atoms with Crippen LogP contribution < -0.4 is 4.90 Å². The van der Waals surface area contributed by atoms with Gasteiger partial charge in [-0.1, -0.05) is 6.92 Å². The number of imide groups is 1. The minimum atomic E-state index is -0.716. The van der Waals surface area contributed by atoms with Crippen molar-refractivity contribution in [1.29, 1.82) is 0 Å². The Morgan fingerprint density at radius 3 is 2.54 bits per heavy atom. The summed E-state index contributed by atoms with van der Waals surface area (Å²) in [5.74, 6) is -0.624. The first-order valence-electron chi connectivity index (χ1n) is 9.73. The first-order chi connectivity index (χ1) is 13.5. The monoisotopic (exact) mass is 499 g/mol. The van der Waals surface area contributed by atoms with Gasteiger partial charge in [0.15, 0.2) is 0 Å². The summed E-state index contributed by atoms with van der Waals surface area (Å²) < 4.78 is 6.40. The van der Waals surface area contributed by atoms with Crippen molar-refractivity contribution in [2.75, 3.05) is 44.3 Å². The lowest BCUT2D eigenvalue weighted by molar-refractivity contribution is -0.138. The van der Waals surface area contributed by atoms with E-state index in [0.717, 1.165) is 16.7 Å². The molecule has 0 aliphatic carbocycles. The highest BCUT2D eigenvalue weighted by Gasteiger charge is 2.44. The van der Waals surface area contributed by atoms with E-state index in [4.69, 9.17) is 4.74 Å². The van der Waals surface area contributed by atoms with Gasteiger partial charge in [-0.2, -0.15) is 0 Å². The van der Waals surface area contributed by atoms with E-state index in [0.29, 0.717) is 44.8 Å². The van der Waals surface area contributed by atoms with E-state index in [2.05, 4.69) is 27.5 Å². The molecule has 2 aliphatic heterocycles. The van der Waals surface area contributed by atoms with Gasteiger partial charge in [0, 0.05) is 36.2 Å². The third-order valence-electron chi connectivity index (χ3n) is 5.13. The third kappa shape index (κ3) is 4.90. The second-order valence-corrected chi connectivity index (χ2v) is 8.30. The summed E-state index contributed by atoms with van der Waals surface area (Å²) in [5.41, 5.74) is 0.564. The van der Waals surface area contributed by atoms with Crippen LogP contribution in [-0.4, -0.2) is 73.0 Å². The number of morpholine rings is 1.